The number of tetrazole rings is 1. The van der Waals surface area contributed by atoms with Crippen molar-refractivity contribution in [1.82, 2.24) is 25.1 Å². The number of aryl methyl sites for hydroxylation is 1. The van der Waals surface area contributed by atoms with E-state index >= 15 is 0 Å². The van der Waals surface area contributed by atoms with Gasteiger partial charge in [-0.25, -0.2) is 0 Å². The Bertz CT molecular complexity index is 729. The number of nitrogens with zero attached hydrogens (tertiary/aromatic N) is 5. The van der Waals surface area contributed by atoms with Crippen LogP contribution in [-0.4, -0.2) is 51.4 Å². The smallest absolute Gasteiger partial charge is 0.176 e. The predicted molar refractivity (Wildman–Crippen MR) is 95.8 cm³/mol. The second kappa shape index (κ2) is 6.84. The number of rotatable bonds is 3. The molecule has 4 rings (SSSR count). The standard InChI is InChI=1S/C19H27N5O/c1-15-7-6-8-17(16(15)2)24-18(20-21-22-24)19(9-4-3-5-10-19)23-11-13-25-14-12-23/h6-8H,3-5,9-14H2,1-2H3. The Kier molecular flexibility index (Phi) is 4.56. The van der Waals surface area contributed by atoms with Gasteiger partial charge in [-0.3, -0.25) is 4.90 Å². The van der Waals surface area contributed by atoms with Crippen LogP contribution in [0.3, 0.4) is 0 Å². The molecule has 0 radical (unpaired) electrons. The van der Waals surface area contributed by atoms with Gasteiger partial charge in [-0.2, -0.15) is 4.68 Å². The highest BCUT2D eigenvalue weighted by Gasteiger charge is 2.44. The topological polar surface area (TPSA) is 56.1 Å². The van der Waals surface area contributed by atoms with E-state index in [1.807, 2.05) is 4.68 Å². The van der Waals surface area contributed by atoms with Gasteiger partial charge in [-0.15, -0.1) is 5.10 Å². The van der Waals surface area contributed by atoms with Crippen molar-refractivity contribution in [3.8, 4) is 5.69 Å². The van der Waals surface area contributed by atoms with Gasteiger partial charge in [-0.05, 0) is 54.3 Å². The normalized spacial score (nSPS) is 21.4. The molecule has 6 heteroatoms. The lowest BCUT2D eigenvalue weighted by Crippen LogP contribution is -2.53. The van der Waals surface area contributed by atoms with Crippen LogP contribution < -0.4 is 0 Å². The predicted octanol–water partition coefficient (Wildman–Crippen LogP) is 2.77. The molecule has 2 heterocycles. The number of aromatic nitrogens is 4. The summed E-state index contributed by atoms with van der Waals surface area (Å²) >= 11 is 0. The van der Waals surface area contributed by atoms with Gasteiger partial charge in [-0.1, -0.05) is 31.4 Å². The van der Waals surface area contributed by atoms with Gasteiger partial charge in [0.25, 0.3) is 0 Å². The molecule has 1 aliphatic heterocycles. The molecular formula is C19H27N5O. The zero-order valence-electron chi connectivity index (χ0n) is 15.2. The minimum atomic E-state index is -0.0677. The van der Waals surface area contributed by atoms with E-state index in [-0.39, 0.29) is 5.54 Å². The quantitative estimate of drug-likeness (QED) is 0.859. The molecule has 0 bridgehead atoms. The molecule has 1 aromatic heterocycles. The summed E-state index contributed by atoms with van der Waals surface area (Å²) in [5, 5.41) is 13.0. The molecule has 2 aliphatic rings. The van der Waals surface area contributed by atoms with Gasteiger partial charge < -0.3 is 4.74 Å². The van der Waals surface area contributed by atoms with E-state index in [9.17, 15) is 0 Å². The summed E-state index contributed by atoms with van der Waals surface area (Å²) in [6.07, 6.45) is 6.02. The molecular weight excluding hydrogens is 314 g/mol. The highest BCUT2D eigenvalue weighted by atomic mass is 16.5. The summed E-state index contributed by atoms with van der Waals surface area (Å²) in [4.78, 5) is 2.57. The number of benzene rings is 1. The molecule has 134 valence electrons. The fourth-order valence-corrected chi connectivity index (χ4v) is 4.41. The average molecular weight is 341 g/mol. The van der Waals surface area contributed by atoms with Crippen molar-refractivity contribution < 1.29 is 4.74 Å². The summed E-state index contributed by atoms with van der Waals surface area (Å²) < 4.78 is 7.59. The number of morpholine rings is 1. The van der Waals surface area contributed by atoms with Crippen molar-refractivity contribution in [3.05, 3.63) is 35.2 Å². The van der Waals surface area contributed by atoms with Gasteiger partial charge in [0.1, 0.15) is 0 Å². The highest BCUT2D eigenvalue weighted by Crippen LogP contribution is 2.42. The number of ether oxygens (including phenoxy) is 1. The SMILES string of the molecule is Cc1cccc(-n2nnnc2C2(N3CCOCC3)CCCCC2)c1C. The molecule has 1 saturated carbocycles. The van der Waals surface area contributed by atoms with Gasteiger partial charge in [0, 0.05) is 13.1 Å². The van der Waals surface area contributed by atoms with Crippen molar-refractivity contribution in [2.45, 2.75) is 51.5 Å². The van der Waals surface area contributed by atoms with Crippen LogP contribution in [0.25, 0.3) is 5.69 Å². The minimum absolute atomic E-state index is 0.0677. The lowest BCUT2D eigenvalue weighted by atomic mass is 9.79. The van der Waals surface area contributed by atoms with Crippen LogP contribution in [0.4, 0.5) is 0 Å². The fraction of sp³-hybridized carbons (Fsp3) is 0.632. The second-order valence-electron chi connectivity index (χ2n) is 7.32. The Labute approximate surface area is 149 Å². The molecule has 6 nitrogen and oxygen atoms in total. The van der Waals surface area contributed by atoms with Crippen LogP contribution in [0.15, 0.2) is 18.2 Å². The first-order valence-electron chi connectivity index (χ1n) is 9.41. The Morgan fingerprint density at radius 2 is 1.80 bits per heavy atom. The van der Waals surface area contributed by atoms with Gasteiger partial charge in [0.05, 0.1) is 24.4 Å². The fourth-order valence-electron chi connectivity index (χ4n) is 4.41. The second-order valence-corrected chi connectivity index (χ2v) is 7.32. The molecule has 2 aromatic rings. The Balaban J connectivity index is 1.81. The summed E-state index contributed by atoms with van der Waals surface area (Å²) in [6, 6.07) is 6.35. The van der Waals surface area contributed by atoms with Crippen molar-refractivity contribution in [2.24, 2.45) is 0 Å². The maximum absolute atomic E-state index is 5.60. The Hall–Kier alpha value is -1.79. The third-order valence-electron chi connectivity index (χ3n) is 5.99. The summed E-state index contributed by atoms with van der Waals surface area (Å²) in [6.45, 7) is 7.80. The molecule has 1 aliphatic carbocycles. The molecule has 25 heavy (non-hydrogen) atoms. The Morgan fingerprint density at radius 3 is 2.56 bits per heavy atom. The third kappa shape index (κ3) is 2.87. The molecule has 1 aromatic carbocycles. The van der Waals surface area contributed by atoms with Gasteiger partial charge >= 0.3 is 0 Å². The molecule has 0 unspecified atom stereocenters. The summed E-state index contributed by atoms with van der Waals surface area (Å²) in [5.41, 5.74) is 3.53. The van der Waals surface area contributed by atoms with Crippen molar-refractivity contribution in [2.75, 3.05) is 26.3 Å². The zero-order valence-corrected chi connectivity index (χ0v) is 15.2. The van der Waals surface area contributed by atoms with E-state index in [0.717, 1.165) is 50.7 Å². The van der Waals surface area contributed by atoms with Crippen LogP contribution in [-0.2, 0) is 10.3 Å². The van der Waals surface area contributed by atoms with E-state index in [0.29, 0.717) is 0 Å². The molecule has 1 saturated heterocycles. The van der Waals surface area contributed by atoms with E-state index in [1.54, 1.807) is 0 Å². The van der Waals surface area contributed by atoms with Crippen LogP contribution >= 0.6 is 0 Å². The van der Waals surface area contributed by atoms with E-state index < -0.39 is 0 Å². The largest absolute Gasteiger partial charge is 0.379 e. The maximum atomic E-state index is 5.60. The van der Waals surface area contributed by atoms with Crippen molar-refractivity contribution in [3.63, 3.8) is 0 Å². The number of hydrogen-bond donors (Lipinski definition) is 0. The molecule has 0 spiro atoms. The lowest BCUT2D eigenvalue weighted by Gasteiger charge is -2.46. The molecule has 0 amide bonds. The first kappa shape index (κ1) is 16.7. The minimum Gasteiger partial charge on any atom is -0.379 e. The maximum Gasteiger partial charge on any atom is 0.176 e. The summed E-state index contributed by atoms with van der Waals surface area (Å²) in [5.74, 6) is 1.00. The average Bonchev–Trinajstić information content (AvgIpc) is 3.15. The van der Waals surface area contributed by atoms with Crippen molar-refractivity contribution >= 4 is 0 Å². The molecule has 2 fully saturated rings. The van der Waals surface area contributed by atoms with Crippen LogP contribution in [0.5, 0.6) is 0 Å². The Morgan fingerprint density at radius 1 is 1.04 bits per heavy atom. The van der Waals surface area contributed by atoms with E-state index in [1.165, 1.54) is 30.4 Å². The molecule has 0 N–H and O–H groups in total. The van der Waals surface area contributed by atoms with Crippen LogP contribution in [0.2, 0.25) is 0 Å². The van der Waals surface area contributed by atoms with E-state index in [2.05, 4.69) is 52.5 Å². The third-order valence-corrected chi connectivity index (χ3v) is 5.99. The molecule has 0 atom stereocenters. The van der Waals surface area contributed by atoms with E-state index in [4.69, 9.17) is 4.74 Å². The zero-order chi connectivity index (χ0) is 17.3. The van der Waals surface area contributed by atoms with Gasteiger partial charge in [0.15, 0.2) is 5.82 Å². The first-order chi connectivity index (χ1) is 12.2. The van der Waals surface area contributed by atoms with Crippen molar-refractivity contribution in [1.29, 1.82) is 0 Å². The van der Waals surface area contributed by atoms with Crippen LogP contribution in [0, 0.1) is 13.8 Å². The number of hydrogen-bond acceptors (Lipinski definition) is 5. The summed E-state index contributed by atoms with van der Waals surface area (Å²) in [7, 11) is 0. The van der Waals surface area contributed by atoms with Gasteiger partial charge in [0.2, 0.25) is 0 Å². The highest BCUT2D eigenvalue weighted by molar-refractivity contribution is 5.44. The first-order valence-corrected chi connectivity index (χ1v) is 9.41. The monoisotopic (exact) mass is 341 g/mol. The lowest BCUT2D eigenvalue weighted by molar-refractivity contribution is -0.0451. The van der Waals surface area contributed by atoms with Crippen LogP contribution in [0.1, 0.15) is 49.1 Å².